The largest absolute Gasteiger partial charge is 0.508 e. The van der Waals surface area contributed by atoms with E-state index in [0.29, 0.717) is 30.3 Å². The Kier molecular flexibility index (Phi) is 4.22. The van der Waals surface area contributed by atoms with E-state index in [4.69, 9.17) is 10.8 Å². The molecule has 1 aliphatic heterocycles. The Morgan fingerprint density at radius 1 is 1.38 bits per heavy atom. The number of carbonyl (C=O) groups excluding carboxylic acids is 1. The second-order valence-electron chi connectivity index (χ2n) is 5.69. The number of phenolic OH excluding ortho intramolecular Hbond substituents is 1. The van der Waals surface area contributed by atoms with Gasteiger partial charge in [0.2, 0.25) is 11.9 Å². The van der Waals surface area contributed by atoms with Crippen LogP contribution in [0.3, 0.4) is 0 Å². The highest BCUT2D eigenvalue weighted by Gasteiger charge is 2.38. The van der Waals surface area contributed by atoms with Gasteiger partial charge in [0, 0.05) is 18.7 Å². The number of aryl methyl sites for hydroxylation is 1. The van der Waals surface area contributed by atoms with Crippen LogP contribution < -0.4 is 11.1 Å². The van der Waals surface area contributed by atoms with Crippen molar-refractivity contribution in [1.82, 2.24) is 14.8 Å². The summed E-state index contributed by atoms with van der Waals surface area (Å²) >= 11 is 0. The first-order valence-corrected chi connectivity index (χ1v) is 7.61. The monoisotopic (exact) mass is 329 g/mol. The number of hydrogen-bond donors (Lipinski definition) is 4. The van der Waals surface area contributed by atoms with Crippen molar-refractivity contribution in [1.29, 1.82) is 0 Å². The molecule has 1 aliphatic rings. The second kappa shape index (κ2) is 6.32. The van der Waals surface area contributed by atoms with E-state index in [1.165, 1.54) is 0 Å². The number of primary amides is 1. The van der Waals surface area contributed by atoms with Crippen LogP contribution in [-0.4, -0.2) is 37.5 Å². The second-order valence-corrected chi connectivity index (χ2v) is 5.69. The van der Waals surface area contributed by atoms with E-state index in [1.54, 1.807) is 28.9 Å². The molecule has 0 fully saturated rings. The molecule has 2 atom stereocenters. The maximum Gasteiger partial charge on any atom is 0.229 e. The Morgan fingerprint density at radius 3 is 2.71 bits per heavy atom. The van der Waals surface area contributed by atoms with Crippen LogP contribution in [0.4, 0.5) is 5.95 Å². The number of aromatic hydroxyl groups is 1. The quantitative estimate of drug-likeness (QED) is 0.634. The summed E-state index contributed by atoms with van der Waals surface area (Å²) in [5.41, 5.74) is 6.79. The third kappa shape index (κ3) is 2.83. The van der Waals surface area contributed by atoms with Crippen molar-refractivity contribution < 1.29 is 15.0 Å². The molecular weight excluding hydrogens is 310 g/mol. The van der Waals surface area contributed by atoms with Gasteiger partial charge in [0.25, 0.3) is 0 Å². The lowest BCUT2D eigenvalue weighted by Crippen LogP contribution is -2.40. The van der Waals surface area contributed by atoms with E-state index in [2.05, 4.69) is 22.0 Å². The molecule has 1 aromatic carbocycles. The van der Waals surface area contributed by atoms with Gasteiger partial charge < -0.3 is 21.3 Å². The lowest BCUT2D eigenvalue weighted by atomic mass is 9.89. The van der Waals surface area contributed by atoms with Crippen molar-refractivity contribution in [3.8, 4) is 5.75 Å². The molecule has 3 rings (SSSR count). The van der Waals surface area contributed by atoms with Crippen LogP contribution in [0.5, 0.6) is 5.75 Å². The predicted octanol–water partition coefficient (Wildman–Crippen LogP) is 0.539. The third-order valence-electron chi connectivity index (χ3n) is 4.00. The zero-order valence-electron chi connectivity index (χ0n) is 13.0. The Morgan fingerprint density at radius 2 is 2.08 bits per heavy atom. The topological polar surface area (TPSA) is 126 Å². The number of nitrogens with two attached hydrogens (primary N) is 1. The molecule has 1 amide bonds. The van der Waals surface area contributed by atoms with Gasteiger partial charge >= 0.3 is 0 Å². The van der Waals surface area contributed by atoms with E-state index in [9.17, 15) is 9.90 Å². The number of fused-ring (bicyclic) bond motifs is 1. The number of anilines is 1. The number of hydrogen-bond acceptors (Lipinski definition) is 6. The fraction of sp³-hybridized carbons (Fsp3) is 0.312. The van der Waals surface area contributed by atoms with Gasteiger partial charge in [-0.2, -0.15) is 10.1 Å². The molecule has 8 heteroatoms. The summed E-state index contributed by atoms with van der Waals surface area (Å²) in [7, 11) is 0. The van der Waals surface area contributed by atoms with Gasteiger partial charge in [-0.15, -0.1) is 0 Å². The van der Waals surface area contributed by atoms with Gasteiger partial charge in [-0.05, 0) is 24.1 Å². The lowest BCUT2D eigenvalue weighted by Gasteiger charge is -2.32. The van der Waals surface area contributed by atoms with Gasteiger partial charge in [-0.25, -0.2) is 4.68 Å². The molecule has 2 aromatic rings. The van der Waals surface area contributed by atoms with Gasteiger partial charge in [-0.3, -0.25) is 4.79 Å². The first-order chi connectivity index (χ1) is 11.5. The highest BCUT2D eigenvalue weighted by Crippen LogP contribution is 2.37. The third-order valence-corrected chi connectivity index (χ3v) is 4.00. The Bertz CT molecular complexity index is 769. The Labute approximate surface area is 138 Å². The van der Waals surface area contributed by atoms with Crippen molar-refractivity contribution >= 4 is 11.9 Å². The molecule has 0 saturated carbocycles. The maximum absolute atomic E-state index is 12.0. The van der Waals surface area contributed by atoms with Crippen LogP contribution in [-0.2, 0) is 11.2 Å². The molecule has 126 valence electrons. The van der Waals surface area contributed by atoms with Crippen molar-refractivity contribution in [2.75, 3.05) is 11.9 Å². The smallest absolute Gasteiger partial charge is 0.229 e. The van der Waals surface area contributed by atoms with Gasteiger partial charge in [-0.1, -0.05) is 18.7 Å². The molecular formula is C16H19N5O3. The highest BCUT2D eigenvalue weighted by atomic mass is 16.3. The van der Waals surface area contributed by atoms with Crippen LogP contribution in [0, 0.1) is 5.92 Å². The number of nitrogens with one attached hydrogen (secondary N) is 1. The SMILES string of the molecule is C=C1Nc2nc(CCCO)nn2[C@H](c2ccc(O)cc2)[C@H]1C(N)=O. The molecule has 0 aliphatic carbocycles. The number of nitrogens with zero attached hydrogens (tertiary/aromatic N) is 3. The summed E-state index contributed by atoms with van der Waals surface area (Å²) in [5, 5.41) is 25.9. The number of phenols is 1. The zero-order valence-corrected chi connectivity index (χ0v) is 13.0. The van der Waals surface area contributed by atoms with Crippen LogP contribution >= 0.6 is 0 Å². The average molecular weight is 329 g/mol. The fourth-order valence-corrected chi connectivity index (χ4v) is 2.88. The molecule has 24 heavy (non-hydrogen) atoms. The van der Waals surface area contributed by atoms with Crippen LogP contribution in [0.2, 0.25) is 0 Å². The van der Waals surface area contributed by atoms with E-state index in [1.807, 2.05) is 0 Å². The van der Waals surface area contributed by atoms with Crippen LogP contribution in [0.15, 0.2) is 36.5 Å². The van der Waals surface area contributed by atoms with Crippen LogP contribution in [0.1, 0.15) is 23.9 Å². The molecule has 8 nitrogen and oxygen atoms in total. The summed E-state index contributed by atoms with van der Waals surface area (Å²) in [6, 6.07) is 6.02. The number of carbonyl (C=O) groups is 1. The van der Waals surface area contributed by atoms with Gasteiger partial charge in [0.1, 0.15) is 11.7 Å². The summed E-state index contributed by atoms with van der Waals surface area (Å²) in [4.78, 5) is 16.4. The van der Waals surface area contributed by atoms with Crippen molar-refractivity contribution in [3.05, 3.63) is 47.9 Å². The fourth-order valence-electron chi connectivity index (χ4n) is 2.88. The lowest BCUT2D eigenvalue weighted by molar-refractivity contribution is -0.121. The number of rotatable bonds is 5. The predicted molar refractivity (Wildman–Crippen MR) is 87.1 cm³/mol. The number of aliphatic hydroxyl groups is 1. The van der Waals surface area contributed by atoms with E-state index in [-0.39, 0.29) is 12.4 Å². The summed E-state index contributed by atoms with van der Waals surface area (Å²) in [6.45, 7) is 3.95. The number of benzene rings is 1. The first kappa shape index (κ1) is 16.0. The van der Waals surface area contributed by atoms with Gasteiger partial charge in [0.15, 0.2) is 5.82 Å². The normalized spacial score (nSPS) is 19.6. The molecule has 0 saturated heterocycles. The standard InChI is InChI=1S/C16H19N5O3/c1-9-13(15(17)24)14(10-4-6-11(23)7-5-10)21-16(18-9)19-12(20-21)3-2-8-22/h4-7,13-14,22-23H,1-3,8H2,(H2,17,24)(H,18,19,20)/t13-,14+/m0/s1. The molecule has 0 bridgehead atoms. The minimum atomic E-state index is -0.700. The summed E-state index contributed by atoms with van der Waals surface area (Å²) in [6.07, 6.45) is 1.07. The average Bonchev–Trinajstić information content (AvgIpc) is 2.94. The van der Waals surface area contributed by atoms with Crippen molar-refractivity contribution in [3.63, 3.8) is 0 Å². The molecule has 5 N–H and O–H groups in total. The molecule has 0 unspecified atom stereocenters. The first-order valence-electron chi connectivity index (χ1n) is 7.61. The molecule has 2 heterocycles. The summed E-state index contributed by atoms with van der Waals surface area (Å²) in [5.74, 6) is -0.0561. The molecule has 1 aromatic heterocycles. The number of amides is 1. The summed E-state index contributed by atoms with van der Waals surface area (Å²) < 4.78 is 1.61. The maximum atomic E-state index is 12.0. The Hall–Kier alpha value is -2.87. The van der Waals surface area contributed by atoms with Crippen LogP contribution in [0.25, 0.3) is 0 Å². The van der Waals surface area contributed by atoms with E-state index >= 15 is 0 Å². The highest BCUT2D eigenvalue weighted by molar-refractivity contribution is 5.82. The minimum absolute atomic E-state index is 0.0509. The Balaban J connectivity index is 2.07. The minimum Gasteiger partial charge on any atom is -0.508 e. The van der Waals surface area contributed by atoms with Crippen molar-refractivity contribution in [2.45, 2.75) is 18.9 Å². The zero-order chi connectivity index (χ0) is 17.3. The van der Waals surface area contributed by atoms with Gasteiger partial charge in [0.05, 0.1) is 6.04 Å². The number of aliphatic hydroxyl groups excluding tert-OH is 1. The molecule has 0 radical (unpaired) electrons. The van der Waals surface area contributed by atoms with Crippen molar-refractivity contribution in [2.24, 2.45) is 11.7 Å². The van der Waals surface area contributed by atoms with E-state index < -0.39 is 17.9 Å². The van der Waals surface area contributed by atoms with E-state index in [0.717, 1.165) is 5.56 Å². The number of aromatic nitrogens is 3. The molecule has 0 spiro atoms.